The third-order valence-corrected chi connectivity index (χ3v) is 7.45. The van der Waals surface area contributed by atoms with Crippen LogP contribution in [0.4, 0.5) is 20.2 Å². The van der Waals surface area contributed by atoms with E-state index in [1.165, 1.54) is 38.1 Å². The van der Waals surface area contributed by atoms with Gasteiger partial charge >= 0.3 is 6.61 Å². The van der Waals surface area contributed by atoms with Crippen LogP contribution in [0.1, 0.15) is 42.3 Å². The molecule has 1 fully saturated rings. The molecule has 0 atom stereocenters. The maximum Gasteiger partial charge on any atom is 0.387 e. The number of aryl methyl sites for hydroxylation is 1. The number of carbonyl (C=O) groups is 1. The van der Waals surface area contributed by atoms with E-state index < -0.39 is 33.5 Å². The number of sulfone groups is 1. The van der Waals surface area contributed by atoms with Crippen LogP contribution >= 0.6 is 0 Å². The molecule has 184 valence electrons. The van der Waals surface area contributed by atoms with E-state index in [1.807, 2.05) is 0 Å². The summed E-state index contributed by atoms with van der Waals surface area (Å²) in [7, 11) is -3.17. The lowest BCUT2D eigenvalue weighted by Crippen LogP contribution is -2.63. The quantitative estimate of drug-likeness (QED) is 0.416. The number of benzene rings is 2. The topological polar surface area (TPSA) is 129 Å². The number of nitrogens with one attached hydrogen (secondary N) is 3. The zero-order valence-electron chi connectivity index (χ0n) is 19.2. The average molecular weight is 496 g/mol. The summed E-state index contributed by atoms with van der Waals surface area (Å²) in [6.45, 7) is 3.20. The number of rotatable bonds is 8. The lowest BCUT2D eigenvalue weighted by molar-refractivity contribution is -0.0498. The van der Waals surface area contributed by atoms with Crippen molar-refractivity contribution in [2.45, 2.75) is 45.4 Å². The van der Waals surface area contributed by atoms with Crippen molar-refractivity contribution < 1.29 is 31.8 Å². The Bertz CT molecular complexity index is 1230. The Morgan fingerprint density at radius 3 is 2.44 bits per heavy atom. The van der Waals surface area contributed by atoms with Crippen LogP contribution in [0.25, 0.3) is 0 Å². The number of amides is 1. The van der Waals surface area contributed by atoms with Crippen molar-refractivity contribution in [3.63, 3.8) is 0 Å². The van der Waals surface area contributed by atoms with Gasteiger partial charge in [-0.1, -0.05) is 6.07 Å². The van der Waals surface area contributed by atoms with E-state index in [4.69, 9.17) is 5.41 Å². The molecule has 0 aliphatic carbocycles. The number of halogens is 2. The van der Waals surface area contributed by atoms with Gasteiger partial charge in [0, 0.05) is 22.9 Å². The highest BCUT2D eigenvalue weighted by Gasteiger charge is 2.45. The molecule has 1 aliphatic rings. The van der Waals surface area contributed by atoms with Gasteiger partial charge in [-0.05, 0) is 57.5 Å². The van der Waals surface area contributed by atoms with E-state index >= 15 is 0 Å². The number of alkyl halides is 2. The number of hydrogen-bond acceptors (Lipinski definition) is 7. The van der Waals surface area contributed by atoms with Crippen molar-refractivity contribution >= 4 is 32.8 Å². The highest BCUT2D eigenvalue weighted by molar-refractivity contribution is 7.93. The third kappa shape index (κ3) is 5.89. The van der Waals surface area contributed by atoms with Crippen LogP contribution < -0.4 is 15.4 Å². The molecule has 3 rings (SSSR count). The third-order valence-electron chi connectivity index (χ3n) is 5.30. The molecule has 11 heteroatoms. The van der Waals surface area contributed by atoms with Crippen LogP contribution in [-0.4, -0.2) is 54.4 Å². The molecule has 8 nitrogen and oxygen atoms in total. The molecule has 0 bridgehead atoms. The molecular formula is C23H27F2N3O5S. The van der Waals surface area contributed by atoms with Gasteiger partial charge in [0.15, 0.2) is 9.84 Å². The van der Waals surface area contributed by atoms with Gasteiger partial charge < -0.3 is 25.9 Å². The van der Waals surface area contributed by atoms with Crippen molar-refractivity contribution in [2.75, 3.05) is 16.8 Å². The Morgan fingerprint density at radius 1 is 1.24 bits per heavy atom. The lowest BCUT2D eigenvalue weighted by Gasteiger charge is -2.38. The van der Waals surface area contributed by atoms with Crippen LogP contribution in [0.3, 0.4) is 0 Å². The van der Waals surface area contributed by atoms with Gasteiger partial charge in [0.05, 0.1) is 28.4 Å². The molecule has 1 aliphatic heterocycles. The number of ether oxygens (including phenoxy) is 1. The summed E-state index contributed by atoms with van der Waals surface area (Å²) >= 11 is 0. The van der Waals surface area contributed by atoms with Crippen LogP contribution in [0.15, 0.2) is 36.4 Å². The highest BCUT2D eigenvalue weighted by Crippen LogP contribution is 2.32. The number of hydrogen-bond donors (Lipinski definition) is 4. The Kier molecular flexibility index (Phi) is 6.73. The predicted molar refractivity (Wildman–Crippen MR) is 125 cm³/mol. The first-order valence-corrected chi connectivity index (χ1v) is 12.2. The van der Waals surface area contributed by atoms with E-state index in [-0.39, 0.29) is 34.1 Å². The maximum atomic E-state index is 12.9. The van der Waals surface area contributed by atoms with Gasteiger partial charge in [-0.3, -0.25) is 4.79 Å². The van der Waals surface area contributed by atoms with Gasteiger partial charge in [-0.15, -0.1) is 0 Å². The zero-order valence-corrected chi connectivity index (χ0v) is 20.0. The first-order chi connectivity index (χ1) is 15.6. The van der Waals surface area contributed by atoms with E-state index in [9.17, 15) is 27.1 Å². The smallest absolute Gasteiger partial charge is 0.387 e. The second kappa shape index (κ2) is 8.95. The fourth-order valence-electron chi connectivity index (χ4n) is 3.85. The Balaban J connectivity index is 1.98. The molecule has 2 aromatic rings. The van der Waals surface area contributed by atoms with Crippen LogP contribution in [0, 0.1) is 12.3 Å². The van der Waals surface area contributed by atoms with Crippen molar-refractivity contribution in [3.8, 4) is 5.75 Å². The highest BCUT2D eigenvalue weighted by atomic mass is 32.2. The summed E-state index contributed by atoms with van der Waals surface area (Å²) in [4.78, 5) is 12.9. The molecule has 1 heterocycles. The summed E-state index contributed by atoms with van der Waals surface area (Å²) < 4.78 is 52.7. The maximum absolute atomic E-state index is 12.9. The summed E-state index contributed by atoms with van der Waals surface area (Å²) in [5.41, 5.74) is -0.849. The second-order valence-corrected chi connectivity index (χ2v) is 11.3. The Labute approximate surface area is 196 Å². The van der Waals surface area contributed by atoms with E-state index in [2.05, 4.69) is 15.4 Å². The second-order valence-electron chi connectivity index (χ2n) is 9.23. The van der Waals surface area contributed by atoms with Crippen molar-refractivity contribution in [2.24, 2.45) is 0 Å². The molecule has 0 spiro atoms. The normalized spacial score (nSPS) is 16.5. The SMILES string of the molecule is Cc1cc(C(=O)NC2(C)CS(=O)(=O)C2)cc(C(=N)C(C)(C)O)c1Nc1cccc(OC(F)F)c1. The monoisotopic (exact) mass is 495 g/mol. The van der Waals surface area contributed by atoms with Gasteiger partial charge in [0.1, 0.15) is 11.4 Å². The van der Waals surface area contributed by atoms with Gasteiger partial charge in [0.25, 0.3) is 5.91 Å². The zero-order chi connectivity index (χ0) is 25.5. The molecule has 2 aromatic carbocycles. The molecular weight excluding hydrogens is 468 g/mol. The molecule has 0 radical (unpaired) electrons. The Hall–Kier alpha value is -3.05. The fourth-order valence-corrected chi connectivity index (χ4v) is 5.85. The standard InChI is InChI=1S/C23H27F2N3O5S/c1-13-8-14(20(29)28-23(4)11-34(31,32)12-23)9-17(19(26)22(2,3)30)18(13)27-15-6-5-7-16(10-15)33-21(24)25/h5-10,21,26-27,30H,11-12H2,1-4H3,(H,28,29). The summed E-state index contributed by atoms with van der Waals surface area (Å²) in [6.07, 6.45) is 0. The van der Waals surface area contributed by atoms with Gasteiger partial charge in [-0.2, -0.15) is 8.78 Å². The van der Waals surface area contributed by atoms with Crippen LogP contribution in [0.5, 0.6) is 5.75 Å². The number of carbonyl (C=O) groups excluding carboxylic acids is 1. The molecule has 1 amide bonds. The van der Waals surface area contributed by atoms with E-state index in [0.717, 1.165) is 0 Å². The van der Waals surface area contributed by atoms with E-state index in [1.54, 1.807) is 26.0 Å². The van der Waals surface area contributed by atoms with Gasteiger partial charge in [-0.25, -0.2) is 8.42 Å². The average Bonchev–Trinajstić information content (AvgIpc) is 2.66. The summed E-state index contributed by atoms with van der Waals surface area (Å²) in [5.74, 6) is -0.887. The molecule has 1 saturated heterocycles. The fraction of sp³-hybridized carbons (Fsp3) is 0.391. The summed E-state index contributed by atoms with van der Waals surface area (Å²) in [5, 5.41) is 24.8. The largest absolute Gasteiger partial charge is 0.435 e. The predicted octanol–water partition coefficient (Wildman–Crippen LogP) is 3.40. The molecule has 34 heavy (non-hydrogen) atoms. The molecule has 0 unspecified atom stereocenters. The minimum atomic E-state index is -3.17. The van der Waals surface area contributed by atoms with Gasteiger partial charge in [0.2, 0.25) is 0 Å². The van der Waals surface area contributed by atoms with Crippen LogP contribution in [0.2, 0.25) is 0 Å². The van der Waals surface area contributed by atoms with Crippen molar-refractivity contribution in [1.29, 1.82) is 5.41 Å². The van der Waals surface area contributed by atoms with E-state index in [0.29, 0.717) is 16.9 Å². The molecule has 4 N–H and O–H groups in total. The summed E-state index contributed by atoms with van der Waals surface area (Å²) in [6, 6.07) is 8.87. The first-order valence-electron chi connectivity index (χ1n) is 10.4. The minimum absolute atomic E-state index is 0.0588. The van der Waals surface area contributed by atoms with Crippen LogP contribution in [-0.2, 0) is 9.84 Å². The number of anilines is 2. The molecule has 0 aromatic heterocycles. The molecule has 0 saturated carbocycles. The number of aliphatic hydroxyl groups is 1. The Morgan fingerprint density at radius 2 is 1.88 bits per heavy atom. The van der Waals surface area contributed by atoms with Crippen molar-refractivity contribution in [1.82, 2.24) is 5.32 Å². The minimum Gasteiger partial charge on any atom is -0.435 e. The van der Waals surface area contributed by atoms with Crippen molar-refractivity contribution in [3.05, 3.63) is 53.1 Å². The first kappa shape index (κ1) is 25.6. The lowest BCUT2D eigenvalue weighted by atomic mass is 9.91.